The summed E-state index contributed by atoms with van der Waals surface area (Å²) in [7, 11) is 0. The van der Waals surface area contributed by atoms with E-state index in [1.807, 2.05) is 0 Å². The molecule has 2 nitrogen and oxygen atoms in total. The first-order chi connectivity index (χ1) is 6.22. The maximum Gasteiger partial charge on any atom is 0.141 e. The number of rotatable bonds is 4. The summed E-state index contributed by atoms with van der Waals surface area (Å²) in [5.74, 6) is 0.488. The summed E-state index contributed by atoms with van der Waals surface area (Å²) in [6, 6.07) is 1.50. The molecule has 0 aliphatic carbocycles. The number of aromatic nitrogens is 1. The van der Waals surface area contributed by atoms with Crippen molar-refractivity contribution < 1.29 is 4.39 Å². The van der Waals surface area contributed by atoms with Crippen molar-refractivity contribution in [3.8, 4) is 0 Å². The van der Waals surface area contributed by atoms with Crippen LogP contribution in [0.15, 0.2) is 18.5 Å². The van der Waals surface area contributed by atoms with Gasteiger partial charge >= 0.3 is 0 Å². The van der Waals surface area contributed by atoms with Crippen LogP contribution in [-0.4, -0.2) is 16.8 Å². The first kappa shape index (κ1) is 10.5. The van der Waals surface area contributed by atoms with Crippen LogP contribution in [0.2, 0.25) is 0 Å². The van der Waals surface area contributed by atoms with Crippen molar-refractivity contribution in [3.05, 3.63) is 29.8 Å². The molecule has 13 heavy (non-hydrogen) atoms. The molecule has 0 fully saturated rings. The monoisotopic (exact) mass is 200 g/mol. The Labute approximate surface area is 81.7 Å². The second kappa shape index (κ2) is 5.19. The van der Waals surface area contributed by atoms with Gasteiger partial charge < -0.3 is 5.73 Å². The van der Waals surface area contributed by atoms with Crippen molar-refractivity contribution in [2.45, 2.75) is 17.9 Å². The standard InChI is InChI=1S/C9H13FN2S/c1-7(3-11)13-6-8-2-9(10)5-12-4-8/h2,4-5,7H,3,6,11H2,1H3. The Morgan fingerprint density at radius 3 is 3.00 bits per heavy atom. The maximum atomic E-state index is 12.7. The van der Waals surface area contributed by atoms with E-state index in [0.29, 0.717) is 11.8 Å². The van der Waals surface area contributed by atoms with Gasteiger partial charge in [0.05, 0.1) is 6.20 Å². The highest BCUT2D eigenvalue weighted by molar-refractivity contribution is 7.99. The highest BCUT2D eigenvalue weighted by Crippen LogP contribution is 2.16. The van der Waals surface area contributed by atoms with Crippen LogP contribution in [-0.2, 0) is 5.75 Å². The lowest BCUT2D eigenvalue weighted by molar-refractivity contribution is 0.619. The highest BCUT2D eigenvalue weighted by Gasteiger charge is 2.01. The van der Waals surface area contributed by atoms with Gasteiger partial charge in [-0.05, 0) is 11.6 Å². The van der Waals surface area contributed by atoms with E-state index >= 15 is 0 Å². The van der Waals surface area contributed by atoms with Gasteiger partial charge in [-0.15, -0.1) is 0 Å². The van der Waals surface area contributed by atoms with Crippen molar-refractivity contribution in [1.29, 1.82) is 0 Å². The quantitative estimate of drug-likeness (QED) is 0.805. The molecule has 4 heteroatoms. The van der Waals surface area contributed by atoms with E-state index in [0.717, 1.165) is 11.3 Å². The lowest BCUT2D eigenvalue weighted by Crippen LogP contribution is -2.12. The summed E-state index contributed by atoms with van der Waals surface area (Å²) in [4.78, 5) is 3.77. The van der Waals surface area contributed by atoms with Crippen LogP contribution >= 0.6 is 11.8 Å². The third kappa shape index (κ3) is 3.74. The van der Waals surface area contributed by atoms with Gasteiger partial charge in [0.1, 0.15) is 5.82 Å². The molecule has 0 saturated carbocycles. The molecule has 0 aromatic carbocycles. The van der Waals surface area contributed by atoms with E-state index in [-0.39, 0.29) is 5.82 Å². The molecule has 0 spiro atoms. The Morgan fingerprint density at radius 1 is 1.62 bits per heavy atom. The molecular weight excluding hydrogens is 187 g/mol. The van der Waals surface area contributed by atoms with Gasteiger partial charge in [-0.1, -0.05) is 6.92 Å². The van der Waals surface area contributed by atoms with Crippen LogP contribution in [0.5, 0.6) is 0 Å². The second-order valence-corrected chi connectivity index (χ2v) is 4.30. The molecule has 1 aromatic heterocycles. The first-order valence-electron chi connectivity index (χ1n) is 4.13. The van der Waals surface area contributed by atoms with Crippen LogP contribution in [0.3, 0.4) is 0 Å². The smallest absolute Gasteiger partial charge is 0.141 e. The molecule has 0 bridgehead atoms. The summed E-state index contributed by atoms with van der Waals surface area (Å²) >= 11 is 1.71. The number of nitrogens with zero attached hydrogens (tertiary/aromatic N) is 1. The predicted octanol–water partition coefficient (Wildman–Crippen LogP) is 1.80. The van der Waals surface area contributed by atoms with E-state index in [1.54, 1.807) is 18.0 Å². The fraction of sp³-hybridized carbons (Fsp3) is 0.444. The zero-order valence-corrected chi connectivity index (χ0v) is 8.35. The predicted molar refractivity (Wildman–Crippen MR) is 54.0 cm³/mol. The number of nitrogens with two attached hydrogens (primary N) is 1. The van der Waals surface area contributed by atoms with Crippen molar-refractivity contribution >= 4 is 11.8 Å². The fourth-order valence-electron chi connectivity index (χ4n) is 0.841. The molecule has 0 aliphatic heterocycles. The van der Waals surface area contributed by atoms with E-state index in [4.69, 9.17) is 5.73 Å². The van der Waals surface area contributed by atoms with E-state index in [2.05, 4.69) is 11.9 Å². The van der Waals surface area contributed by atoms with Gasteiger partial charge in [-0.3, -0.25) is 4.98 Å². The third-order valence-corrected chi connectivity index (χ3v) is 2.89. The number of thioether (sulfide) groups is 1. The summed E-state index contributed by atoms with van der Waals surface area (Å²) in [5, 5.41) is 0.406. The molecule has 1 heterocycles. The SMILES string of the molecule is CC(CN)SCc1cncc(F)c1. The number of hydrogen-bond acceptors (Lipinski definition) is 3. The molecule has 1 unspecified atom stereocenters. The summed E-state index contributed by atoms with van der Waals surface area (Å²) in [6.45, 7) is 2.70. The highest BCUT2D eigenvalue weighted by atomic mass is 32.2. The fourth-order valence-corrected chi connectivity index (χ4v) is 1.61. The number of halogens is 1. The number of pyridine rings is 1. The Bertz CT molecular complexity index is 268. The van der Waals surface area contributed by atoms with E-state index in [9.17, 15) is 4.39 Å². The Hall–Kier alpha value is -0.610. The van der Waals surface area contributed by atoms with Crippen LogP contribution in [0, 0.1) is 5.82 Å². The van der Waals surface area contributed by atoms with Crippen LogP contribution < -0.4 is 5.73 Å². The van der Waals surface area contributed by atoms with Crippen LogP contribution in [0.25, 0.3) is 0 Å². The molecule has 0 radical (unpaired) electrons. The lowest BCUT2D eigenvalue weighted by Gasteiger charge is -2.07. The van der Waals surface area contributed by atoms with Crippen molar-refractivity contribution in [2.75, 3.05) is 6.54 Å². The van der Waals surface area contributed by atoms with Gasteiger partial charge in [0.15, 0.2) is 0 Å². The minimum Gasteiger partial charge on any atom is -0.329 e. The van der Waals surface area contributed by atoms with Crippen molar-refractivity contribution in [2.24, 2.45) is 5.73 Å². The molecule has 1 atom stereocenters. The Kier molecular flexibility index (Phi) is 4.18. The molecule has 1 aromatic rings. The summed E-state index contributed by atoms with van der Waals surface area (Å²) in [6.07, 6.45) is 2.89. The zero-order valence-electron chi connectivity index (χ0n) is 7.53. The van der Waals surface area contributed by atoms with E-state index < -0.39 is 0 Å². The molecule has 72 valence electrons. The van der Waals surface area contributed by atoms with Gasteiger partial charge in [-0.25, -0.2) is 4.39 Å². The molecule has 0 aliphatic rings. The molecule has 1 rings (SSSR count). The number of hydrogen-bond donors (Lipinski definition) is 1. The minimum absolute atomic E-state index is 0.279. The molecule has 2 N–H and O–H groups in total. The largest absolute Gasteiger partial charge is 0.329 e. The minimum atomic E-state index is -0.279. The van der Waals surface area contributed by atoms with Crippen LogP contribution in [0.4, 0.5) is 4.39 Å². The maximum absolute atomic E-state index is 12.7. The third-order valence-electron chi connectivity index (χ3n) is 1.63. The topological polar surface area (TPSA) is 38.9 Å². The Balaban J connectivity index is 2.45. The van der Waals surface area contributed by atoms with Gasteiger partial charge in [0, 0.05) is 23.7 Å². The van der Waals surface area contributed by atoms with Crippen LogP contribution in [0.1, 0.15) is 12.5 Å². The average molecular weight is 200 g/mol. The van der Waals surface area contributed by atoms with E-state index in [1.165, 1.54) is 12.3 Å². The zero-order chi connectivity index (χ0) is 9.68. The van der Waals surface area contributed by atoms with Crippen molar-refractivity contribution in [1.82, 2.24) is 4.98 Å². The average Bonchev–Trinajstić information content (AvgIpc) is 2.14. The molecule has 0 amide bonds. The first-order valence-corrected chi connectivity index (χ1v) is 5.18. The molecular formula is C9H13FN2S. The Morgan fingerprint density at radius 2 is 2.38 bits per heavy atom. The molecule has 0 saturated heterocycles. The van der Waals surface area contributed by atoms with Gasteiger partial charge in [0.2, 0.25) is 0 Å². The lowest BCUT2D eigenvalue weighted by atomic mass is 10.3. The summed E-state index contributed by atoms with van der Waals surface area (Å²) in [5.41, 5.74) is 6.36. The summed E-state index contributed by atoms with van der Waals surface area (Å²) < 4.78 is 12.7. The van der Waals surface area contributed by atoms with Crippen molar-refractivity contribution in [3.63, 3.8) is 0 Å². The normalized spacial score (nSPS) is 12.8. The van der Waals surface area contributed by atoms with Gasteiger partial charge in [0.25, 0.3) is 0 Å². The second-order valence-electron chi connectivity index (χ2n) is 2.87. The van der Waals surface area contributed by atoms with Gasteiger partial charge in [-0.2, -0.15) is 11.8 Å².